The maximum absolute atomic E-state index is 12.6. The zero-order valence-corrected chi connectivity index (χ0v) is 14.8. The molecule has 0 radical (unpaired) electrons. The van der Waals surface area contributed by atoms with Gasteiger partial charge in [0, 0.05) is 24.7 Å². The van der Waals surface area contributed by atoms with Crippen LogP contribution in [0.25, 0.3) is 6.08 Å². The molecule has 0 spiro atoms. The second-order valence-corrected chi connectivity index (χ2v) is 6.10. The van der Waals surface area contributed by atoms with Gasteiger partial charge in [-0.15, -0.1) is 0 Å². The third kappa shape index (κ3) is 3.08. The number of amidine groups is 1. The van der Waals surface area contributed by atoms with Crippen molar-refractivity contribution in [1.82, 2.24) is 4.90 Å². The van der Waals surface area contributed by atoms with E-state index in [1.807, 2.05) is 32.9 Å². The topological polar surface area (TPSA) is 60.4 Å². The molecule has 24 heavy (non-hydrogen) atoms. The number of hydrogen-bond acceptors (Lipinski definition) is 6. The number of ether oxygens (including phenoxy) is 3. The Morgan fingerprint density at radius 2 is 2.04 bits per heavy atom. The second-order valence-electron chi connectivity index (χ2n) is 5.09. The standard InChI is InChI=1S/C17H20N2O4S/c1-4-18-17-19(5-2)16(20)15(24-17)8-11-7-13-14(23-10-22-13)9-12(11)21-6-3/h7-9H,4-6,10H2,1-3H3/b15-8-,18-17?. The lowest BCUT2D eigenvalue weighted by Crippen LogP contribution is -2.28. The number of thioether (sulfide) groups is 1. The molecule has 0 bridgehead atoms. The minimum Gasteiger partial charge on any atom is -0.493 e. The van der Waals surface area contributed by atoms with Gasteiger partial charge in [-0.2, -0.15) is 0 Å². The predicted molar refractivity (Wildman–Crippen MR) is 94.7 cm³/mol. The van der Waals surface area contributed by atoms with E-state index in [0.717, 1.165) is 10.7 Å². The van der Waals surface area contributed by atoms with Crippen molar-refractivity contribution in [3.8, 4) is 17.2 Å². The number of carbonyl (C=O) groups excluding carboxylic acids is 1. The molecule has 1 saturated heterocycles. The number of nitrogens with zero attached hydrogens (tertiary/aromatic N) is 2. The van der Waals surface area contributed by atoms with Crippen LogP contribution in [-0.4, -0.2) is 42.5 Å². The minimum atomic E-state index is -0.0326. The van der Waals surface area contributed by atoms with Crippen molar-refractivity contribution in [1.29, 1.82) is 0 Å². The van der Waals surface area contributed by atoms with Crippen LogP contribution in [0.1, 0.15) is 26.3 Å². The van der Waals surface area contributed by atoms with E-state index >= 15 is 0 Å². The molecule has 7 heteroatoms. The Kier molecular flexibility index (Phi) is 4.99. The molecule has 2 heterocycles. The second kappa shape index (κ2) is 7.17. The van der Waals surface area contributed by atoms with Crippen molar-refractivity contribution >= 4 is 28.9 Å². The van der Waals surface area contributed by atoms with Crippen LogP contribution in [0, 0.1) is 0 Å². The summed E-state index contributed by atoms with van der Waals surface area (Å²) < 4.78 is 16.5. The van der Waals surface area contributed by atoms with Crippen molar-refractivity contribution in [2.75, 3.05) is 26.5 Å². The van der Waals surface area contributed by atoms with Gasteiger partial charge in [-0.1, -0.05) is 0 Å². The number of fused-ring (bicyclic) bond motifs is 1. The summed E-state index contributed by atoms with van der Waals surface area (Å²) in [7, 11) is 0. The first kappa shape index (κ1) is 16.7. The smallest absolute Gasteiger partial charge is 0.266 e. The Morgan fingerprint density at radius 3 is 2.71 bits per heavy atom. The van der Waals surface area contributed by atoms with Gasteiger partial charge in [0.2, 0.25) is 6.79 Å². The molecular weight excluding hydrogens is 328 g/mol. The molecule has 1 aromatic carbocycles. The number of likely N-dealkylation sites (N-methyl/N-ethyl adjacent to an activating group) is 1. The van der Waals surface area contributed by atoms with Crippen molar-refractivity contribution in [3.63, 3.8) is 0 Å². The van der Waals surface area contributed by atoms with Gasteiger partial charge in [0.15, 0.2) is 16.7 Å². The molecule has 3 rings (SSSR count). The van der Waals surface area contributed by atoms with Gasteiger partial charge in [0.1, 0.15) is 5.75 Å². The molecule has 0 N–H and O–H groups in total. The van der Waals surface area contributed by atoms with Crippen LogP contribution in [0.2, 0.25) is 0 Å². The van der Waals surface area contributed by atoms with Gasteiger partial charge in [-0.25, -0.2) is 0 Å². The first-order valence-electron chi connectivity index (χ1n) is 8.00. The molecule has 2 aliphatic heterocycles. The molecule has 0 saturated carbocycles. The summed E-state index contributed by atoms with van der Waals surface area (Å²) in [5.41, 5.74) is 0.797. The van der Waals surface area contributed by atoms with Gasteiger partial charge in [-0.3, -0.25) is 14.7 Å². The zero-order chi connectivity index (χ0) is 17.1. The van der Waals surface area contributed by atoms with Crippen LogP contribution in [0.3, 0.4) is 0 Å². The molecule has 1 amide bonds. The number of benzene rings is 1. The van der Waals surface area contributed by atoms with Crippen LogP contribution < -0.4 is 14.2 Å². The van der Waals surface area contributed by atoms with Crippen LogP contribution in [0.5, 0.6) is 17.2 Å². The molecule has 0 aliphatic carbocycles. The SMILES string of the molecule is CCN=C1S/C(=C\c2cc3c(cc2OCC)OCO3)C(=O)N1CC. The molecular formula is C17H20N2O4S. The minimum absolute atomic E-state index is 0.0326. The summed E-state index contributed by atoms with van der Waals surface area (Å²) >= 11 is 1.39. The third-order valence-corrected chi connectivity index (χ3v) is 4.63. The van der Waals surface area contributed by atoms with E-state index in [2.05, 4.69) is 4.99 Å². The van der Waals surface area contributed by atoms with E-state index in [4.69, 9.17) is 14.2 Å². The molecule has 1 fully saturated rings. The van der Waals surface area contributed by atoms with E-state index < -0.39 is 0 Å². The lowest BCUT2D eigenvalue weighted by atomic mass is 10.1. The van der Waals surface area contributed by atoms with Gasteiger partial charge in [-0.05, 0) is 44.7 Å². The fourth-order valence-electron chi connectivity index (χ4n) is 2.51. The first-order chi connectivity index (χ1) is 11.7. The first-order valence-corrected chi connectivity index (χ1v) is 8.81. The monoisotopic (exact) mass is 348 g/mol. The fraction of sp³-hybridized carbons (Fsp3) is 0.412. The quantitative estimate of drug-likeness (QED) is 0.765. The molecule has 128 valence electrons. The van der Waals surface area contributed by atoms with Crippen molar-refractivity contribution in [3.05, 3.63) is 22.6 Å². The summed E-state index contributed by atoms with van der Waals surface area (Å²) in [6.07, 6.45) is 1.83. The highest BCUT2D eigenvalue weighted by atomic mass is 32.2. The van der Waals surface area contributed by atoms with E-state index in [0.29, 0.717) is 41.9 Å². The van der Waals surface area contributed by atoms with E-state index in [-0.39, 0.29) is 12.7 Å². The van der Waals surface area contributed by atoms with Gasteiger partial charge < -0.3 is 14.2 Å². The third-order valence-electron chi connectivity index (χ3n) is 3.59. The van der Waals surface area contributed by atoms with Crippen molar-refractivity contribution < 1.29 is 19.0 Å². The number of carbonyl (C=O) groups is 1. The van der Waals surface area contributed by atoms with Gasteiger partial charge in [0.25, 0.3) is 5.91 Å². The maximum Gasteiger partial charge on any atom is 0.266 e. The lowest BCUT2D eigenvalue weighted by molar-refractivity contribution is -0.122. The average molecular weight is 348 g/mol. The maximum atomic E-state index is 12.6. The highest BCUT2D eigenvalue weighted by Gasteiger charge is 2.32. The van der Waals surface area contributed by atoms with Crippen LogP contribution >= 0.6 is 11.8 Å². The van der Waals surface area contributed by atoms with E-state index in [1.165, 1.54) is 11.8 Å². The Labute approximate surface area is 145 Å². The zero-order valence-electron chi connectivity index (χ0n) is 14.0. The summed E-state index contributed by atoms with van der Waals surface area (Å²) in [4.78, 5) is 19.3. The lowest BCUT2D eigenvalue weighted by Gasteiger charge is -2.11. The largest absolute Gasteiger partial charge is 0.493 e. The van der Waals surface area contributed by atoms with Crippen molar-refractivity contribution in [2.45, 2.75) is 20.8 Å². The molecule has 0 atom stereocenters. The Bertz CT molecular complexity index is 715. The molecule has 2 aliphatic rings. The Morgan fingerprint density at radius 1 is 1.29 bits per heavy atom. The molecule has 6 nitrogen and oxygen atoms in total. The predicted octanol–water partition coefficient (Wildman–Crippen LogP) is 3.13. The normalized spacial score (nSPS) is 19.6. The van der Waals surface area contributed by atoms with E-state index in [1.54, 1.807) is 11.0 Å². The van der Waals surface area contributed by atoms with Gasteiger partial charge >= 0.3 is 0 Å². The summed E-state index contributed by atoms with van der Waals surface area (Å²) in [5.74, 6) is 1.96. The summed E-state index contributed by atoms with van der Waals surface area (Å²) in [5, 5.41) is 0.745. The molecule has 0 aromatic heterocycles. The van der Waals surface area contributed by atoms with Crippen LogP contribution in [-0.2, 0) is 4.79 Å². The molecule has 0 unspecified atom stereocenters. The number of rotatable bonds is 5. The number of hydrogen-bond donors (Lipinski definition) is 0. The Hall–Kier alpha value is -2.15. The van der Waals surface area contributed by atoms with Crippen molar-refractivity contribution in [2.24, 2.45) is 4.99 Å². The number of amides is 1. The summed E-state index contributed by atoms with van der Waals surface area (Å²) in [6.45, 7) is 7.79. The average Bonchev–Trinajstić information content (AvgIpc) is 3.13. The molecule has 1 aromatic rings. The number of aliphatic imine (C=N–C) groups is 1. The van der Waals surface area contributed by atoms with Gasteiger partial charge in [0.05, 0.1) is 11.5 Å². The fourth-order valence-corrected chi connectivity index (χ4v) is 3.61. The Balaban J connectivity index is 1.99. The van der Waals surface area contributed by atoms with Crippen LogP contribution in [0.4, 0.5) is 0 Å². The highest BCUT2D eigenvalue weighted by Crippen LogP contribution is 2.41. The van der Waals surface area contributed by atoms with E-state index in [9.17, 15) is 4.79 Å². The highest BCUT2D eigenvalue weighted by molar-refractivity contribution is 8.18. The van der Waals surface area contributed by atoms with Crippen LogP contribution in [0.15, 0.2) is 22.0 Å². The summed E-state index contributed by atoms with van der Waals surface area (Å²) in [6, 6.07) is 3.65.